The highest BCUT2D eigenvalue weighted by atomic mass is 127. The molecule has 1 heterocycles. The molecule has 0 aliphatic rings. The number of rotatable bonds is 0. The molecule has 1 aromatic heterocycles. The molecule has 0 unspecified atom stereocenters. The second-order valence-electron chi connectivity index (χ2n) is 2.39. The van der Waals surface area contributed by atoms with Crippen LogP contribution in [-0.2, 0) is 0 Å². The van der Waals surface area contributed by atoms with E-state index in [2.05, 4.69) is 55.1 Å². The lowest BCUT2D eigenvalue weighted by molar-refractivity contribution is 1.21. The zero-order valence-corrected chi connectivity index (χ0v) is 10.1. The fourth-order valence-corrected chi connectivity index (χ4v) is 1.96. The monoisotopic (exact) mass is 386 g/mol. The van der Waals surface area contributed by atoms with E-state index in [9.17, 15) is 4.79 Å². The minimum Gasteiger partial charge on any atom is -0.306 e. The van der Waals surface area contributed by atoms with E-state index >= 15 is 0 Å². The van der Waals surface area contributed by atoms with E-state index in [0.717, 1.165) is 18.2 Å². The van der Waals surface area contributed by atoms with E-state index < -0.39 is 0 Å². The van der Waals surface area contributed by atoms with Crippen LogP contribution in [0.15, 0.2) is 16.9 Å². The van der Waals surface area contributed by atoms with E-state index in [1.807, 2.05) is 12.1 Å². The number of hydrogen-bond donors (Lipinski definition) is 2. The predicted octanol–water partition coefficient (Wildman–Crippen LogP) is 2.07. The van der Waals surface area contributed by atoms with E-state index in [1.54, 1.807) is 0 Å². The summed E-state index contributed by atoms with van der Waals surface area (Å²) in [7, 11) is 0. The van der Waals surface area contributed by atoms with Gasteiger partial charge in [0.15, 0.2) is 0 Å². The van der Waals surface area contributed by atoms with Gasteiger partial charge < -0.3 is 9.97 Å². The molecule has 1 aromatic carbocycles. The maximum Gasteiger partial charge on any atom is 0.323 e. The Morgan fingerprint density at radius 1 is 1.00 bits per heavy atom. The van der Waals surface area contributed by atoms with Crippen molar-refractivity contribution in [3.8, 4) is 0 Å². The molecule has 3 nitrogen and oxygen atoms in total. The fraction of sp³-hybridized carbons (Fsp3) is 0. The van der Waals surface area contributed by atoms with Gasteiger partial charge in [0.1, 0.15) is 0 Å². The van der Waals surface area contributed by atoms with Crippen molar-refractivity contribution in [2.24, 2.45) is 0 Å². The van der Waals surface area contributed by atoms with Crippen molar-refractivity contribution in [1.82, 2.24) is 9.97 Å². The predicted molar refractivity (Wildman–Crippen MR) is 64.4 cm³/mol. The number of hydrogen-bond acceptors (Lipinski definition) is 1. The highest BCUT2D eigenvalue weighted by molar-refractivity contribution is 14.1. The summed E-state index contributed by atoms with van der Waals surface area (Å²) in [5, 5.41) is 0. The van der Waals surface area contributed by atoms with Crippen LogP contribution in [0.4, 0.5) is 0 Å². The summed E-state index contributed by atoms with van der Waals surface area (Å²) in [6, 6.07) is 3.91. The normalized spacial score (nSPS) is 10.8. The lowest BCUT2D eigenvalue weighted by Gasteiger charge is -1.94. The van der Waals surface area contributed by atoms with Crippen molar-refractivity contribution in [1.29, 1.82) is 0 Å². The van der Waals surface area contributed by atoms with Crippen LogP contribution in [0, 0.1) is 7.14 Å². The summed E-state index contributed by atoms with van der Waals surface area (Å²) in [6.45, 7) is 0. The van der Waals surface area contributed by atoms with Crippen LogP contribution >= 0.6 is 45.2 Å². The maximum absolute atomic E-state index is 10.9. The average molecular weight is 386 g/mol. The quantitative estimate of drug-likeness (QED) is 0.670. The summed E-state index contributed by atoms with van der Waals surface area (Å²) in [4.78, 5) is 16.3. The van der Waals surface area contributed by atoms with Gasteiger partial charge in [0, 0.05) is 7.14 Å². The van der Waals surface area contributed by atoms with Gasteiger partial charge in [-0.3, -0.25) is 0 Å². The molecule has 0 aliphatic heterocycles. The number of aromatic amines is 2. The standard InChI is InChI=1S/C7H4I2N2O/c8-3-1-5-6(2-4(3)9)11-7(12)10-5/h1-2H,(H2,10,11,12). The first-order chi connectivity index (χ1) is 5.66. The van der Waals surface area contributed by atoms with Crippen molar-refractivity contribution < 1.29 is 0 Å². The van der Waals surface area contributed by atoms with E-state index in [-0.39, 0.29) is 5.69 Å². The third-order valence-electron chi connectivity index (χ3n) is 1.56. The Morgan fingerprint density at radius 3 is 1.83 bits per heavy atom. The van der Waals surface area contributed by atoms with Crippen molar-refractivity contribution in [2.45, 2.75) is 0 Å². The van der Waals surface area contributed by atoms with Crippen LogP contribution in [0.2, 0.25) is 0 Å². The number of halogens is 2. The Bertz CT molecular complexity index is 444. The molecule has 0 spiro atoms. The third-order valence-corrected chi connectivity index (χ3v) is 4.37. The van der Waals surface area contributed by atoms with Crippen molar-refractivity contribution >= 4 is 56.2 Å². The molecule has 0 saturated heterocycles. The Hall–Kier alpha value is -0.0500. The highest BCUT2D eigenvalue weighted by Crippen LogP contribution is 2.19. The lowest BCUT2D eigenvalue weighted by atomic mass is 10.3. The molecule has 5 heteroatoms. The van der Waals surface area contributed by atoms with Crippen LogP contribution in [0.25, 0.3) is 11.0 Å². The Labute approximate surface area is 95.2 Å². The molecule has 2 aromatic rings. The summed E-state index contributed by atoms with van der Waals surface area (Å²) in [5.74, 6) is 0. The van der Waals surface area contributed by atoms with E-state index in [1.165, 1.54) is 0 Å². The molecule has 2 rings (SSSR count). The largest absolute Gasteiger partial charge is 0.323 e. The lowest BCUT2D eigenvalue weighted by Crippen LogP contribution is -1.99. The van der Waals surface area contributed by atoms with Gasteiger partial charge in [-0.05, 0) is 57.3 Å². The Kier molecular flexibility index (Phi) is 2.15. The second kappa shape index (κ2) is 3.02. The van der Waals surface area contributed by atoms with Gasteiger partial charge in [-0.1, -0.05) is 0 Å². The van der Waals surface area contributed by atoms with Crippen LogP contribution < -0.4 is 5.69 Å². The molecule has 12 heavy (non-hydrogen) atoms. The van der Waals surface area contributed by atoms with Crippen LogP contribution in [0.3, 0.4) is 0 Å². The Balaban J connectivity index is 2.92. The van der Waals surface area contributed by atoms with Gasteiger partial charge in [0.2, 0.25) is 0 Å². The van der Waals surface area contributed by atoms with Crippen molar-refractivity contribution in [2.75, 3.05) is 0 Å². The van der Waals surface area contributed by atoms with Gasteiger partial charge in [-0.2, -0.15) is 0 Å². The van der Waals surface area contributed by atoms with Crippen LogP contribution in [0.5, 0.6) is 0 Å². The minimum absolute atomic E-state index is 0.150. The summed E-state index contributed by atoms with van der Waals surface area (Å²) in [5.41, 5.74) is 1.58. The number of imidazole rings is 1. The molecular weight excluding hydrogens is 382 g/mol. The van der Waals surface area contributed by atoms with Gasteiger partial charge in [0.05, 0.1) is 11.0 Å². The van der Waals surface area contributed by atoms with E-state index in [0.29, 0.717) is 0 Å². The van der Waals surface area contributed by atoms with Crippen molar-refractivity contribution in [3.63, 3.8) is 0 Å². The minimum atomic E-state index is -0.150. The molecule has 2 N–H and O–H groups in total. The van der Waals surface area contributed by atoms with Gasteiger partial charge in [-0.25, -0.2) is 4.79 Å². The van der Waals surface area contributed by atoms with Crippen LogP contribution in [-0.4, -0.2) is 9.97 Å². The summed E-state index contributed by atoms with van der Waals surface area (Å²) >= 11 is 4.48. The molecule has 0 bridgehead atoms. The molecule has 0 amide bonds. The zero-order chi connectivity index (χ0) is 8.72. The SMILES string of the molecule is O=c1[nH]c2cc(I)c(I)cc2[nH]1. The summed E-state index contributed by atoms with van der Waals surface area (Å²) < 4.78 is 2.30. The molecule has 0 saturated carbocycles. The molecular formula is C7H4I2N2O. The molecule has 0 fully saturated rings. The first-order valence-electron chi connectivity index (χ1n) is 3.24. The van der Waals surface area contributed by atoms with Crippen LogP contribution in [0.1, 0.15) is 0 Å². The van der Waals surface area contributed by atoms with Gasteiger partial charge in [-0.15, -0.1) is 0 Å². The maximum atomic E-state index is 10.9. The first-order valence-corrected chi connectivity index (χ1v) is 5.39. The summed E-state index contributed by atoms with van der Waals surface area (Å²) in [6.07, 6.45) is 0. The molecule has 0 radical (unpaired) electrons. The topological polar surface area (TPSA) is 48.6 Å². The molecule has 62 valence electrons. The average Bonchev–Trinajstić information content (AvgIpc) is 2.30. The Morgan fingerprint density at radius 2 is 1.42 bits per heavy atom. The van der Waals surface area contributed by atoms with Crippen molar-refractivity contribution in [3.05, 3.63) is 29.8 Å². The van der Waals surface area contributed by atoms with Gasteiger partial charge >= 0.3 is 5.69 Å². The number of fused-ring (bicyclic) bond motifs is 1. The molecule has 0 atom stereocenters. The van der Waals surface area contributed by atoms with E-state index in [4.69, 9.17) is 0 Å². The fourth-order valence-electron chi connectivity index (χ4n) is 1.03. The number of aromatic nitrogens is 2. The second-order valence-corrected chi connectivity index (χ2v) is 4.72. The smallest absolute Gasteiger partial charge is 0.306 e. The third kappa shape index (κ3) is 1.39. The first kappa shape index (κ1) is 8.54. The highest BCUT2D eigenvalue weighted by Gasteiger charge is 2.01. The van der Waals surface area contributed by atoms with Gasteiger partial charge in [0.25, 0.3) is 0 Å². The number of nitrogens with one attached hydrogen (secondary N) is 2. The number of H-pyrrole nitrogens is 2. The number of benzene rings is 1. The zero-order valence-electron chi connectivity index (χ0n) is 5.82. The molecule has 0 aliphatic carbocycles.